The van der Waals surface area contributed by atoms with Gasteiger partial charge in [-0.25, -0.2) is 0 Å². The first kappa shape index (κ1) is 38.3. The van der Waals surface area contributed by atoms with Gasteiger partial charge in [-0.05, 0) is 71.9 Å². The highest BCUT2D eigenvalue weighted by Crippen LogP contribution is 2.51. The van der Waals surface area contributed by atoms with E-state index >= 15 is 0 Å². The molecule has 0 amide bonds. The van der Waals surface area contributed by atoms with Gasteiger partial charge in [-0.3, -0.25) is 0 Å². The first-order chi connectivity index (χ1) is 25.9. The fourth-order valence-electron chi connectivity index (χ4n) is 7.12. The average molecular weight is 725 g/mol. The van der Waals surface area contributed by atoms with E-state index in [4.69, 9.17) is 18.2 Å². The van der Waals surface area contributed by atoms with E-state index in [1.54, 1.807) is 0 Å². The van der Waals surface area contributed by atoms with Crippen molar-refractivity contribution in [2.45, 2.75) is 92.9 Å². The summed E-state index contributed by atoms with van der Waals surface area (Å²) in [7, 11) is 0. The number of ether oxygens (including phenoxy) is 2. The fourth-order valence-corrected chi connectivity index (χ4v) is 7.68. The Balaban J connectivity index is 1.53. The molecule has 0 aliphatic heterocycles. The van der Waals surface area contributed by atoms with Gasteiger partial charge < -0.3 is 9.47 Å². The molecule has 0 aliphatic carbocycles. The molecule has 2 atom stereocenters. The van der Waals surface area contributed by atoms with Gasteiger partial charge in [0.05, 0.1) is 36.1 Å². The van der Waals surface area contributed by atoms with Gasteiger partial charge in [0.2, 0.25) is 0 Å². The van der Waals surface area contributed by atoms with E-state index in [-0.39, 0.29) is 0 Å². The standard InChI is InChI=1S/C48H56N2O2S/c1-7-11-13-35(9-3)31-51-47-43(41-27-23-39(24-28-41)37-19-15-33(5)16-20-37)45-46(50-53-49-45)44(48(47)52-32-36(10-4)14-12-8-2)42-29-25-40(26-30-42)38-21-17-34(6)18-22-38/h15-30,35-36H,7-14,31-32H2,1-6H3. The van der Waals surface area contributed by atoms with Crippen LogP contribution in [0.1, 0.15) is 90.2 Å². The summed E-state index contributed by atoms with van der Waals surface area (Å²) >= 11 is 1.26. The second kappa shape index (κ2) is 18.5. The number of fused-ring (bicyclic) bond motifs is 1. The van der Waals surface area contributed by atoms with Gasteiger partial charge in [0.25, 0.3) is 0 Å². The van der Waals surface area contributed by atoms with Crippen LogP contribution in [0.5, 0.6) is 11.5 Å². The molecule has 5 heteroatoms. The van der Waals surface area contributed by atoms with Crippen molar-refractivity contribution in [2.75, 3.05) is 13.2 Å². The lowest BCUT2D eigenvalue weighted by Gasteiger charge is -2.24. The molecule has 0 bridgehead atoms. The zero-order valence-electron chi connectivity index (χ0n) is 32.6. The lowest BCUT2D eigenvalue weighted by atomic mass is 9.92. The Labute approximate surface area is 321 Å². The van der Waals surface area contributed by atoms with Crippen LogP contribution in [0.3, 0.4) is 0 Å². The molecule has 4 nitrogen and oxygen atoms in total. The fraction of sp³-hybridized carbons (Fsp3) is 0.375. The minimum Gasteiger partial charge on any atom is -0.489 e. The predicted octanol–water partition coefficient (Wildman–Crippen LogP) is 14.2. The van der Waals surface area contributed by atoms with Crippen molar-refractivity contribution < 1.29 is 9.47 Å². The molecule has 276 valence electrons. The number of benzene rings is 5. The summed E-state index contributed by atoms with van der Waals surface area (Å²) in [6, 6.07) is 35.1. The van der Waals surface area contributed by atoms with Crippen molar-refractivity contribution in [3.8, 4) is 56.0 Å². The van der Waals surface area contributed by atoms with Crippen molar-refractivity contribution in [1.82, 2.24) is 8.75 Å². The van der Waals surface area contributed by atoms with Gasteiger partial charge in [-0.15, -0.1) is 0 Å². The summed E-state index contributed by atoms with van der Waals surface area (Å²) in [5.74, 6) is 2.47. The maximum absolute atomic E-state index is 7.10. The smallest absolute Gasteiger partial charge is 0.172 e. The van der Waals surface area contributed by atoms with Crippen LogP contribution >= 0.6 is 11.7 Å². The van der Waals surface area contributed by atoms with E-state index in [0.717, 1.165) is 70.5 Å². The van der Waals surface area contributed by atoms with E-state index < -0.39 is 0 Å². The van der Waals surface area contributed by atoms with Gasteiger partial charge in [0, 0.05) is 0 Å². The first-order valence-corrected chi connectivity index (χ1v) is 20.6. The molecule has 0 N–H and O–H groups in total. The highest BCUT2D eigenvalue weighted by Gasteiger charge is 2.28. The summed E-state index contributed by atoms with van der Waals surface area (Å²) in [5, 5.41) is 0. The Kier molecular flexibility index (Phi) is 13.4. The number of nitrogens with zero attached hydrogens (tertiary/aromatic N) is 2. The molecule has 1 aromatic heterocycles. The largest absolute Gasteiger partial charge is 0.489 e. The van der Waals surface area contributed by atoms with E-state index in [1.807, 2.05) is 0 Å². The highest BCUT2D eigenvalue weighted by molar-refractivity contribution is 7.00. The molecular weight excluding hydrogens is 669 g/mol. The van der Waals surface area contributed by atoms with Crippen molar-refractivity contribution in [3.05, 3.63) is 108 Å². The molecule has 2 unspecified atom stereocenters. The number of aromatic nitrogens is 2. The number of aryl methyl sites for hydroxylation is 2. The molecule has 0 radical (unpaired) electrons. The second-order valence-electron chi connectivity index (χ2n) is 14.7. The minimum absolute atomic E-state index is 0.453. The van der Waals surface area contributed by atoms with Gasteiger partial charge in [0.15, 0.2) is 11.5 Å². The quantitative estimate of drug-likeness (QED) is 0.0885. The topological polar surface area (TPSA) is 44.2 Å². The highest BCUT2D eigenvalue weighted by atomic mass is 32.1. The van der Waals surface area contributed by atoms with E-state index in [1.165, 1.54) is 70.8 Å². The van der Waals surface area contributed by atoms with Crippen LogP contribution < -0.4 is 9.47 Å². The van der Waals surface area contributed by atoms with Gasteiger partial charge >= 0.3 is 0 Å². The molecule has 6 rings (SSSR count). The lowest BCUT2D eigenvalue weighted by molar-refractivity contribution is 0.201. The summed E-state index contributed by atoms with van der Waals surface area (Å²) in [5.41, 5.74) is 13.0. The van der Waals surface area contributed by atoms with E-state index in [9.17, 15) is 0 Å². The van der Waals surface area contributed by atoms with Crippen LogP contribution in [0.2, 0.25) is 0 Å². The Bertz CT molecular complexity index is 1880. The summed E-state index contributed by atoms with van der Waals surface area (Å²) in [4.78, 5) is 0. The molecule has 0 saturated heterocycles. The molecule has 0 fully saturated rings. The number of hydrogen-bond acceptors (Lipinski definition) is 5. The van der Waals surface area contributed by atoms with Crippen LogP contribution in [0.25, 0.3) is 55.5 Å². The van der Waals surface area contributed by atoms with Crippen molar-refractivity contribution in [1.29, 1.82) is 0 Å². The van der Waals surface area contributed by atoms with Crippen LogP contribution in [-0.2, 0) is 0 Å². The Morgan fingerprint density at radius 2 is 0.792 bits per heavy atom. The number of rotatable bonds is 18. The molecule has 0 aliphatic rings. The van der Waals surface area contributed by atoms with E-state index in [2.05, 4.69) is 139 Å². The summed E-state index contributed by atoms with van der Waals surface area (Å²) in [6.07, 6.45) is 9.18. The van der Waals surface area contributed by atoms with Crippen LogP contribution in [0.15, 0.2) is 97.1 Å². The van der Waals surface area contributed by atoms with Gasteiger partial charge in [-0.2, -0.15) is 8.75 Å². The molecule has 6 aromatic rings. The zero-order valence-corrected chi connectivity index (χ0v) is 33.4. The molecule has 1 heterocycles. The van der Waals surface area contributed by atoms with Gasteiger partial charge in [-0.1, -0.05) is 174 Å². The minimum atomic E-state index is 0.453. The maximum Gasteiger partial charge on any atom is 0.172 e. The number of unbranched alkanes of at least 4 members (excludes halogenated alkanes) is 2. The van der Waals surface area contributed by atoms with Crippen molar-refractivity contribution in [2.24, 2.45) is 11.8 Å². The summed E-state index contributed by atoms with van der Waals surface area (Å²) in [6.45, 7) is 14.6. The molecule has 0 spiro atoms. The number of hydrogen-bond donors (Lipinski definition) is 0. The Morgan fingerprint density at radius 1 is 0.472 bits per heavy atom. The first-order valence-electron chi connectivity index (χ1n) is 19.9. The average Bonchev–Trinajstić information content (AvgIpc) is 3.68. The molecular formula is C48H56N2O2S. The Morgan fingerprint density at radius 3 is 1.11 bits per heavy atom. The lowest BCUT2D eigenvalue weighted by Crippen LogP contribution is -2.15. The molecule has 0 saturated carbocycles. The van der Waals surface area contributed by atoms with Crippen LogP contribution in [0.4, 0.5) is 0 Å². The Hall–Kier alpha value is -4.48. The third-order valence-corrected chi connectivity index (χ3v) is 11.3. The van der Waals surface area contributed by atoms with Gasteiger partial charge in [0.1, 0.15) is 11.0 Å². The van der Waals surface area contributed by atoms with Crippen molar-refractivity contribution in [3.63, 3.8) is 0 Å². The monoisotopic (exact) mass is 724 g/mol. The van der Waals surface area contributed by atoms with Crippen LogP contribution in [-0.4, -0.2) is 22.0 Å². The van der Waals surface area contributed by atoms with Crippen molar-refractivity contribution >= 4 is 22.8 Å². The third kappa shape index (κ3) is 9.19. The predicted molar refractivity (Wildman–Crippen MR) is 226 cm³/mol. The maximum atomic E-state index is 7.10. The second-order valence-corrected chi connectivity index (χ2v) is 15.2. The summed E-state index contributed by atoms with van der Waals surface area (Å²) < 4.78 is 24.2. The zero-order chi connectivity index (χ0) is 37.2. The molecule has 5 aromatic carbocycles. The van der Waals surface area contributed by atoms with E-state index in [0.29, 0.717) is 25.0 Å². The molecule has 53 heavy (non-hydrogen) atoms. The normalized spacial score (nSPS) is 12.6. The third-order valence-electron chi connectivity index (χ3n) is 10.8. The SMILES string of the molecule is CCCCC(CC)COc1c(OCC(CC)CCCC)c(-c2ccc(-c3ccc(C)cc3)cc2)c2nsnc2c1-c1ccc(-c2ccc(C)cc2)cc1. The van der Waals surface area contributed by atoms with Crippen LogP contribution in [0, 0.1) is 25.7 Å².